The highest BCUT2D eigenvalue weighted by Gasteiger charge is 2.42. The van der Waals surface area contributed by atoms with E-state index < -0.39 is 17.3 Å². The van der Waals surface area contributed by atoms with E-state index in [1.807, 2.05) is 0 Å². The molecular weight excluding hydrogens is 311 g/mol. The van der Waals surface area contributed by atoms with Gasteiger partial charge >= 0.3 is 6.18 Å². The number of nitrogens with two attached hydrogens (primary N) is 1. The first-order chi connectivity index (χ1) is 8.25. The fourth-order valence-electron chi connectivity index (χ4n) is 1.88. The first kappa shape index (κ1) is 13.7. The van der Waals surface area contributed by atoms with Gasteiger partial charge in [0.1, 0.15) is 5.75 Å². The summed E-state index contributed by atoms with van der Waals surface area (Å²) in [7, 11) is 1.34. The van der Waals surface area contributed by atoms with Crippen molar-refractivity contribution < 1.29 is 17.9 Å². The summed E-state index contributed by atoms with van der Waals surface area (Å²) in [6.45, 7) is 0. The molecule has 2 N–H and O–H groups in total. The van der Waals surface area contributed by atoms with Crippen LogP contribution in [0.1, 0.15) is 24.0 Å². The van der Waals surface area contributed by atoms with Gasteiger partial charge in [0.05, 0.1) is 17.1 Å². The first-order valence-corrected chi connectivity index (χ1v) is 6.27. The molecule has 1 fully saturated rings. The molecule has 1 aromatic carbocycles. The molecule has 0 heterocycles. The van der Waals surface area contributed by atoms with Crippen LogP contribution >= 0.6 is 15.9 Å². The van der Waals surface area contributed by atoms with Gasteiger partial charge in [-0.15, -0.1) is 0 Å². The third-order valence-corrected chi connectivity index (χ3v) is 3.74. The Morgan fingerprint density at radius 1 is 1.39 bits per heavy atom. The van der Waals surface area contributed by atoms with Crippen molar-refractivity contribution in [3.8, 4) is 5.75 Å². The topological polar surface area (TPSA) is 35.2 Å². The number of rotatable bonds is 3. The third-order valence-electron chi connectivity index (χ3n) is 3.12. The molecule has 2 nitrogen and oxygen atoms in total. The summed E-state index contributed by atoms with van der Waals surface area (Å²) in [6, 6.07) is 2.47. The van der Waals surface area contributed by atoms with Crippen LogP contribution in [0, 0.1) is 0 Å². The summed E-state index contributed by atoms with van der Waals surface area (Å²) in [5, 5.41) is 0. The van der Waals surface area contributed by atoms with Crippen LogP contribution in [0.2, 0.25) is 0 Å². The SMILES string of the molecule is COc1cc(C(F)(F)F)c(CC2(N)CC2)cc1Br. The Bertz CT molecular complexity index is 469. The molecule has 1 saturated carbocycles. The molecule has 0 atom stereocenters. The first-order valence-electron chi connectivity index (χ1n) is 5.48. The summed E-state index contributed by atoms with van der Waals surface area (Å²) < 4.78 is 44.4. The molecule has 0 bridgehead atoms. The van der Waals surface area contributed by atoms with E-state index in [4.69, 9.17) is 10.5 Å². The molecule has 1 aromatic rings. The highest BCUT2D eigenvalue weighted by atomic mass is 79.9. The zero-order valence-corrected chi connectivity index (χ0v) is 11.4. The van der Waals surface area contributed by atoms with E-state index in [2.05, 4.69) is 15.9 Å². The minimum atomic E-state index is -4.39. The third kappa shape index (κ3) is 2.80. The highest BCUT2D eigenvalue weighted by Crippen LogP contribution is 2.42. The molecule has 0 saturated heterocycles. The standard InChI is InChI=1S/C12H13BrF3NO/c1-18-10-5-8(12(14,15)16)7(4-9(10)13)6-11(17)2-3-11/h4-5H,2-3,6,17H2,1H3. The Labute approximate surface area is 111 Å². The van der Waals surface area contributed by atoms with Crippen LogP contribution in [0.3, 0.4) is 0 Å². The van der Waals surface area contributed by atoms with Crippen LogP contribution in [0.15, 0.2) is 16.6 Å². The second-order valence-electron chi connectivity index (χ2n) is 4.68. The maximum atomic E-state index is 13.0. The van der Waals surface area contributed by atoms with E-state index in [1.54, 1.807) is 0 Å². The van der Waals surface area contributed by atoms with Crippen LogP contribution < -0.4 is 10.5 Å². The van der Waals surface area contributed by atoms with E-state index in [9.17, 15) is 13.2 Å². The Morgan fingerprint density at radius 2 is 2.00 bits per heavy atom. The Kier molecular flexibility index (Phi) is 3.36. The minimum absolute atomic E-state index is 0.174. The van der Waals surface area contributed by atoms with Crippen molar-refractivity contribution >= 4 is 15.9 Å². The van der Waals surface area contributed by atoms with E-state index in [0.717, 1.165) is 18.9 Å². The van der Waals surface area contributed by atoms with Gasteiger partial charge in [-0.2, -0.15) is 13.2 Å². The van der Waals surface area contributed by atoms with Gasteiger partial charge in [-0.3, -0.25) is 0 Å². The van der Waals surface area contributed by atoms with E-state index in [-0.39, 0.29) is 17.7 Å². The van der Waals surface area contributed by atoms with Crippen LogP contribution in [0.4, 0.5) is 13.2 Å². The highest BCUT2D eigenvalue weighted by molar-refractivity contribution is 9.10. The summed E-state index contributed by atoms with van der Waals surface area (Å²) in [6.07, 6.45) is -2.61. The molecule has 0 unspecified atom stereocenters. The number of hydrogen-bond acceptors (Lipinski definition) is 2. The molecule has 100 valence electrons. The second-order valence-corrected chi connectivity index (χ2v) is 5.54. The van der Waals surface area contributed by atoms with E-state index in [0.29, 0.717) is 4.47 Å². The number of hydrogen-bond donors (Lipinski definition) is 1. The fourth-order valence-corrected chi connectivity index (χ4v) is 2.43. The summed E-state index contributed by atoms with van der Waals surface area (Å²) in [5.74, 6) is 0.174. The molecule has 6 heteroatoms. The lowest BCUT2D eigenvalue weighted by molar-refractivity contribution is -0.138. The smallest absolute Gasteiger partial charge is 0.416 e. The van der Waals surface area contributed by atoms with Crippen molar-refractivity contribution in [2.24, 2.45) is 5.73 Å². The zero-order valence-electron chi connectivity index (χ0n) is 9.77. The van der Waals surface area contributed by atoms with Crippen molar-refractivity contribution in [3.63, 3.8) is 0 Å². The number of alkyl halides is 3. The van der Waals surface area contributed by atoms with E-state index in [1.165, 1.54) is 13.2 Å². The van der Waals surface area contributed by atoms with Gasteiger partial charge in [-0.05, 0) is 52.9 Å². The lowest BCUT2D eigenvalue weighted by Crippen LogP contribution is -2.26. The largest absolute Gasteiger partial charge is 0.496 e. The van der Waals surface area contributed by atoms with Gasteiger partial charge in [0.15, 0.2) is 0 Å². The van der Waals surface area contributed by atoms with Gasteiger partial charge in [0.25, 0.3) is 0 Å². The summed E-state index contributed by atoms with van der Waals surface area (Å²) >= 11 is 3.20. The number of ether oxygens (including phenoxy) is 1. The predicted octanol–water partition coefficient (Wildman–Crippen LogP) is 3.51. The van der Waals surface area contributed by atoms with Crippen molar-refractivity contribution in [1.82, 2.24) is 0 Å². The molecule has 0 spiro atoms. The van der Waals surface area contributed by atoms with Gasteiger partial charge in [-0.1, -0.05) is 0 Å². The number of halogens is 4. The molecule has 0 aromatic heterocycles. The Balaban J connectivity index is 2.45. The maximum absolute atomic E-state index is 13.0. The van der Waals surface area contributed by atoms with Crippen molar-refractivity contribution in [3.05, 3.63) is 27.7 Å². The van der Waals surface area contributed by atoms with Crippen molar-refractivity contribution in [2.75, 3.05) is 7.11 Å². The molecule has 1 aliphatic carbocycles. The average Bonchev–Trinajstić information content (AvgIpc) is 2.94. The molecule has 1 aliphatic rings. The fraction of sp³-hybridized carbons (Fsp3) is 0.500. The van der Waals surface area contributed by atoms with Crippen molar-refractivity contribution in [2.45, 2.75) is 31.0 Å². The van der Waals surface area contributed by atoms with E-state index >= 15 is 0 Å². The van der Waals surface area contributed by atoms with Gasteiger partial charge in [0.2, 0.25) is 0 Å². The van der Waals surface area contributed by atoms with Crippen molar-refractivity contribution in [1.29, 1.82) is 0 Å². The van der Waals surface area contributed by atoms with Crippen LogP contribution in [0.25, 0.3) is 0 Å². The monoisotopic (exact) mass is 323 g/mol. The number of methoxy groups -OCH3 is 1. The number of benzene rings is 1. The quantitative estimate of drug-likeness (QED) is 0.923. The maximum Gasteiger partial charge on any atom is 0.416 e. The molecule has 0 radical (unpaired) electrons. The Hall–Kier alpha value is -0.750. The lowest BCUT2D eigenvalue weighted by Gasteiger charge is -2.18. The zero-order chi connectivity index (χ0) is 13.6. The molecule has 0 amide bonds. The minimum Gasteiger partial charge on any atom is -0.496 e. The van der Waals surface area contributed by atoms with Crippen LogP contribution in [-0.4, -0.2) is 12.6 Å². The summed E-state index contributed by atoms with van der Waals surface area (Å²) in [4.78, 5) is 0. The summed E-state index contributed by atoms with van der Waals surface area (Å²) in [5.41, 5.74) is 4.98. The predicted molar refractivity (Wildman–Crippen MR) is 65.6 cm³/mol. The molecule has 2 rings (SSSR count). The normalized spacial score (nSPS) is 17.7. The average molecular weight is 324 g/mol. The van der Waals surface area contributed by atoms with Gasteiger partial charge in [-0.25, -0.2) is 0 Å². The van der Waals surface area contributed by atoms with Gasteiger partial charge < -0.3 is 10.5 Å². The van der Waals surface area contributed by atoms with Gasteiger partial charge in [0, 0.05) is 5.54 Å². The van der Waals surface area contributed by atoms with Crippen LogP contribution in [-0.2, 0) is 12.6 Å². The molecule has 0 aliphatic heterocycles. The molecular formula is C12H13BrF3NO. The lowest BCUT2D eigenvalue weighted by atomic mass is 9.98. The Morgan fingerprint density at radius 3 is 2.44 bits per heavy atom. The second kappa shape index (κ2) is 4.42. The van der Waals surface area contributed by atoms with Crippen LogP contribution in [0.5, 0.6) is 5.75 Å². The molecule has 18 heavy (non-hydrogen) atoms.